The fraction of sp³-hybridized carbons (Fsp3) is 0.308. The van der Waals surface area contributed by atoms with Gasteiger partial charge in [0.2, 0.25) is 0 Å². The Bertz CT molecular complexity index is 318. The van der Waals surface area contributed by atoms with Crippen molar-refractivity contribution in [3.63, 3.8) is 0 Å². The zero-order valence-electron chi connectivity index (χ0n) is 8.79. The van der Waals surface area contributed by atoms with Gasteiger partial charge in [0.25, 0.3) is 0 Å². The van der Waals surface area contributed by atoms with Crippen molar-refractivity contribution < 1.29 is 4.79 Å². The van der Waals surface area contributed by atoms with Crippen LogP contribution in [0.2, 0.25) is 0 Å². The predicted octanol–water partition coefficient (Wildman–Crippen LogP) is 3.62. The van der Waals surface area contributed by atoms with Crippen LogP contribution in [0, 0.1) is 0 Å². The lowest BCUT2D eigenvalue weighted by atomic mass is 10.1. The molecule has 14 heavy (non-hydrogen) atoms. The van der Waals surface area contributed by atoms with Gasteiger partial charge in [-0.2, -0.15) is 0 Å². The van der Waals surface area contributed by atoms with Crippen molar-refractivity contribution >= 4 is 5.78 Å². The first-order valence-corrected chi connectivity index (χ1v) is 4.92. The summed E-state index contributed by atoms with van der Waals surface area (Å²) in [5, 5.41) is 0. The second-order valence-corrected chi connectivity index (χ2v) is 3.61. The van der Waals surface area contributed by atoms with Gasteiger partial charge in [0.05, 0.1) is 0 Å². The van der Waals surface area contributed by atoms with Crippen LogP contribution in [0.25, 0.3) is 0 Å². The molecular formula is C13H16O. The van der Waals surface area contributed by atoms with Gasteiger partial charge in [-0.3, -0.25) is 4.79 Å². The molecule has 0 aliphatic heterocycles. The molecule has 0 N–H and O–H groups in total. The predicted molar refractivity (Wildman–Crippen MR) is 59.4 cm³/mol. The maximum Gasteiger partial charge on any atom is 0.163 e. The summed E-state index contributed by atoms with van der Waals surface area (Å²) < 4.78 is 0. The number of benzene rings is 1. The van der Waals surface area contributed by atoms with Crippen molar-refractivity contribution in [2.45, 2.75) is 26.7 Å². The Balaban J connectivity index is 2.48. The van der Waals surface area contributed by atoms with Crippen molar-refractivity contribution in [2.75, 3.05) is 0 Å². The quantitative estimate of drug-likeness (QED) is 0.521. The molecule has 0 spiro atoms. The second kappa shape index (κ2) is 5.38. The topological polar surface area (TPSA) is 17.1 Å². The molecule has 1 aromatic rings. The Morgan fingerprint density at radius 3 is 2.43 bits per heavy atom. The standard InChI is InChI=1S/C13H16O/c1-11(2)7-6-10-13(14)12-8-4-3-5-9-12/h3-5,7-9H,6,10H2,1-2H3. The minimum atomic E-state index is 0.225. The molecule has 0 bridgehead atoms. The Kier molecular flexibility index (Phi) is 4.11. The van der Waals surface area contributed by atoms with Crippen molar-refractivity contribution in [2.24, 2.45) is 0 Å². The summed E-state index contributed by atoms with van der Waals surface area (Å²) in [7, 11) is 0. The zero-order chi connectivity index (χ0) is 10.4. The fourth-order valence-corrected chi connectivity index (χ4v) is 1.26. The van der Waals surface area contributed by atoms with E-state index in [1.165, 1.54) is 5.57 Å². The molecule has 1 heteroatoms. The van der Waals surface area contributed by atoms with Crippen LogP contribution in [0.5, 0.6) is 0 Å². The van der Waals surface area contributed by atoms with Gasteiger partial charge < -0.3 is 0 Å². The van der Waals surface area contributed by atoms with E-state index < -0.39 is 0 Å². The first-order valence-electron chi connectivity index (χ1n) is 4.92. The number of carbonyl (C=O) groups is 1. The van der Waals surface area contributed by atoms with Crippen LogP contribution in [0.1, 0.15) is 37.0 Å². The molecule has 0 aliphatic rings. The molecule has 0 atom stereocenters. The van der Waals surface area contributed by atoms with Crippen molar-refractivity contribution in [1.29, 1.82) is 0 Å². The van der Waals surface area contributed by atoms with E-state index in [1.54, 1.807) is 0 Å². The number of allylic oxidation sites excluding steroid dienone is 2. The molecule has 0 heterocycles. The molecule has 1 aromatic carbocycles. The molecule has 74 valence electrons. The van der Waals surface area contributed by atoms with E-state index in [0.29, 0.717) is 6.42 Å². The van der Waals surface area contributed by atoms with E-state index in [4.69, 9.17) is 0 Å². The Morgan fingerprint density at radius 2 is 1.86 bits per heavy atom. The first-order chi connectivity index (χ1) is 6.70. The molecule has 1 rings (SSSR count). The largest absolute Gasteiger partial charge is 0.294 e. The second-order valence-electron chi connectivity index (χ2n) is 3.61. The summed E-state index contributed by atoms with van der Waals surface area (Å²) in [6.45, 7) is 4.10. The van der Waals surface area contributed by atoms with Crippen LogP contribution in [-0.4, -0.2) is 5.78 Å². The Labute approximate surface area is 85.5 Å². The lowest BCUT2D eigenvalue weighted by molar-refractivity contribution is 0.0983. The van der Waals surface area contributed by atoms with Gasteiger partial charge in [0, 0.05) is 12.0 Å². The number of ketones is 1. The highest BCUT2D eigenvalue weighted by molar-refractivity contribution is 5.96. The summed E-state index contributed by atoms with van der Waals surface area (Å²) in [5.74, 6) is 0.225. The SMILES string of the molecule is CC(C)=CCCC(=O)c1ccccc1. The van der Waals surface area contributed by atoms with Crippen LogP contribution >= 0.6 is 0 Å². The number of Topliss-reactive ketones (excluding diaryl/α,β-unsaturated/α-hetero) is 1. The smallest absolute Gasteiger partial charge is 0.163 e. The molecule has 0 unspecified atom stereocenters. The summed E-state index contributed by atoms with van der Waals surface area (Å²) in [6, 6.07) is 9.45. The van der Waals surface area contributed by atoms with E-state index in [2.05, 4.69) is 6.08 Å². The number of rotatable bonds is 4. The third-order valence-electron chi connectivity index (χ3n) is 2.02. The van der Waals surface area contributed by atoms with Gasteiger partial charge in [-0.15, -0.1) is 0 Å². The van der Waals surface area contributed by atoms with Crippen molar-refractivity contribution in [3.8, 4) is 0 Å². The average Bonchev–Trinajstić information content (AvgIpc) is 2.18. The van der Waals surface area contributed by atoms with Gasteiger partial charge >= 0.3 is 0 Å². The molecule has 0 radical (unpaired) electrons. The van der Waals surface area contributed by atoms with Crippen LogP contribution in [0.4, 0.5) is 0 Å². The minimum Gasteiger partial charge on any atom is -0.294 e. The highest BCUT2D eigenvalue weighted by atomic mass is 16.1. The molecule has 0 saturated carbocycles. The van der Waals surface area contributed by atoms with Crippen LogP contribution in [0.3, 0.4) is 0 Å². The normalized spacial score (nSPS) is 9.57. The summed E-state index contributed by atoms with van der Waals surface area (Å²) >= 11 is 0. The molecule has 0 amide bonds. The highest BCUT2D eigenvalue weighted by Gasteiger charge is 2.02. The zero-order valence-corrected chi connectivity index (χ0v) is 8.79. The molecule has 0 saturated heterocycles. The number of hydrogen-bond donors (Lipinski definition) is 0. The fourth-order valence-electron chi connectivity index (χ4n) is 1.26. The maximum atomic E-state index is 11.6. The van der Waals surface area contributed by atoms with Gasteiger partial charge in [0.1, 0.15) is 0 Å². The molecule has 0 aromatic heterocycles. The van der Waals surface area contributed by atoms with Gasteiger partial charge in [-0.05, 0) is 20.3 Å². The van der Waals surface area contributed by atoms with E-state index in [1.807, 2.05) is 44.2 Å². The molecule has 0 fully saturated rings. The van der Waals surface area contributed by atoms with Gasteiger partial charge in [0.15, 0.2) is 5.78 Å². The van der Waals surface area contributed by atoms with Crippen molar-refractivity contribution in [1.82, 2.24) is 0 Å². The van der Waals surface area contributed by atoms with Crippen LogP contribution in [-0.2, 0) is 0 Å². The van der Waals surface area contributed by atoms with Gasteiger partial charge in [-0.25, -0.2) is 0 Å². The van der Waals surface area contributed by atoms with E-state index in [-0.39, 0.29) is 5.78 Å². The average molecular weight is 188 g/mol. The summed E-state index contributed by atoms with van der Waals surface area (Å²) in [6.07, 6.45) is 3.55. The Hall–Kier alpha value is -1.37. The highest BCUT2D eigenvalue weighted by Crippen LogP contribution is 2.06. The van der Waals surface area contributed by atoms with E-state index in [0.717, 1.165) is 12.0 Å². The monoisotopic (exact) mass is 188 g/mol. The van der Waals surface area contributed by atoms with Crippen LogP contribution < -0.4 is 0 Å². The first kappa shape index (κ1) is 10.7. The third kappa shape index (κ3) is 3.56. The lowest BCUT2D eigenvalue weighted by Crippen LogP contribution is -1.97. The number of carbonyl (C=O) groups excluding carboxylic acids is 1. The summed E-state index contributed by atoms with van der Waals surface area (Å²) in [5.41, 5.74) is 2.08. The molecule has 1 nitrogen and oxygen atoms in total. The maximum absolute atomic E-state index is 11.6. The Morgan fingerprint density at radius 1 is 1.21 bits per heavy atom. The molecule has 0 aliphatic carbocycles. The number of hydrogen-bond acceptors (Lipinski definition) is 1. The third-order valence-corrected chi connectivity index (χ3v) is 2.02. The van der Waals surface area contributed by atoms with Crippen LogP contribution in [0.15, 0.2) is 42.0 Å². The van der Waals surface area contributed by atoms with E-state index >= 15 is 0 Å². The van der Waals surface area contributed by atoms with Gasteiger partial charge in [-0.1, -0.05) is 42.0 Å². The molecular weight excluding hydrogens is 172 g/mol. The van der Waals surface area contributed by atoms with Crippen molar-refractivity contribution in [3.05, 3.63) is 47.5 Å². The lowest BCUT2D eigenvalue weighted by Gasteiger charge is -1.98. The van der Waals surface area contributed by atoms with E-state index in [9.17, 15) is 4.79 Å². The minimum absolute atomic E-state index is 0.225. The summed E-state index contributed by atoms with van der Waals surface area (Å²) in [4.78, 5) is 11.6.